The molecule has 2 aromatic carbocycles. The first kappa shape index (κ1) is 25.2. The van der Waals surface area contributed by atoms with Crippen LogP contribution in [0.4, 0.5) is 4.79 Å². The van der Waals surface area contributed by atoms with Gasteiger partial charge in [0.1, 0.15) is 6.04 Å². The number of halogens is 2. The number of hydrogen-bond donors (Lipinski definition) is 3. The van der Waals surface area contributed by atoms with Gasteiger partial charge in [-0.05, 0) is 49.6 Å². The van der Waals surface area contributed by atoms with Crippen molar-refractivity contribution in [1.29, 1.82) is 0 Å². The molecule has 192 valence electrons. The summed E-state index contributed by atoms with van der Waals surface area (Å²) < 4.78 is 0. The maximum absolute atomic E-state index is 13.7. The van der Waals surface area contributed by atoms with Crippen LogP contribution in [0.1, 0.15) is 31.0 Å². The van der Waals surface area contributed by atoms with Crippen molar-refractivity contribution in [3.05, 3.63) is 81.1 Å². The molecule has 3 N–H and O–H groups in total. The summed E-state index contributed by atoms with van der Waals surface area (Å²) in [5.41, 5.74) is 3.75. The Hall–Kier alpha value is -3.49. The Bertz CT molecular complexity index is 1430. The van der Waals surface area contributed by atoms with Crippen molar-refractivity contribution >= 4 is 52.0 Å². The number of likely N-dealkylation sites (N-methyl/N-ethyl adjacent to an activating group) is 1. The third kappa shape index (κ3) is 4.55. The zero-order valence-corrected chi connectivity index (χ0v) is 22.0. The number of carbonyl (C=O) groups excluding carboxylic acids is 3. The summed E-state index contributed by atoms with van der Waals surface area (Å²) in [6.45, 7) is 4.53. The number of rotatable bonds is 7. The molecule has 2 aliphatic rings. The third-order valence-electron chi connectivity index (χ3n) is 7.05. The molecule has 1 aromatic heterocycles. The summed E-state index contributed by atoms with van der Waals surface area (Å²) in [6, 6.07) is 11.2. The first-order valence-electron chi connectivity index (χ1n) is 12.2. The summed E-state index contributed by atoms with van der Waals surface area (Å²) in [6.07, 6.45) is 2.61. The van der Waals surface area contributed by atoms with Crippen molar-refractivity contribution in [2.45, 2.75) is 32.4 Å². The normalized spacial score (nSPS) is 18.3. The second-order valence-electron chi connectivity index (χ2n) is 9.16. The highest BCUT2D eigenvalue weighted by Gasteiger charge is 2.46. The highest BCUT2D eigenvalue weighted by Crippen LogP contribution is 2.39. The molecular formula is C27H27Cl2N5O3. The molecule has 3 heterocycles. The van der Waals surface area contributed by atoms with Crippen LogP contribution in [-0.4, -0.2) is 58.3 Å². The average Bonchev–Trinajstić information content (AvgIpc) is 3.44. The molecule has 0 spiro atoms. The molecule has 2 aliphatic heterocycles. The van der Waals surface area contributed by atoms with E-state index in [4.69, 9.17) is 23.2 Å². The van der Waals surface area contributed by atoms with Crippen molar-refractivity contribution in [1.82, 2.24) is 25.4 Å². The molecule has 5 rings (SSSR count). The maximum Gasteiger partial charge on any atom is 0.322 e. The smallest absolute Gasteiger partial charge is 0.322 e. The Morgan fingerprint density at radius 2 is 1.97 bits per heavy atom. The van der Waals surface area contributed by atoms with Crippen LogP contribution < -0.4 is 10.6 Å². The molecule has 4 amide bonds. The molecule has 0 bridgehead atoms. The number of nitrogens with one attached hydrogen (secondary N) is 3. The number of benzene rings is 2. The van der Waals surface area contributed by atoms with E-state index < -0.39 is 12.1 Å². The van der Waals surface area contributed by atoms with Gasteiger partial charge in [-0.2, -0.15) is 0 Å². The number of amides is 4. The highest BCUT2D eigenvalue weighted by molar-refractivity contribution is 6.35. The summed E-state index contributed by atoms with van der Waals surface area (Å²) in [5, 5.41) is 7.79. The number of carbonyl (C=O) groups is 3. The molecule has 0 radical (unpaired) electrons. The number of fused-ring (bicyclic) bond motifs is 1. The van der Waals surface area contributed by atoms with E-state index in [1.54, 1.807) is 25.1 Å². The van der Waals surface area contributed by atoms with E-state index in [-0.39, 0.29) is 24.4 Å². The first-order valence-corrected chi connectivity index (χ1v) is 13.0. The quantitative estimate of drug-likeness (QED) is 0.415. The van der Waals surface area contributed by atoms with Gasteiger partial charge in [-0.1, -0.05) is 47.5 Å². The lowest BCUT2D eigenvalue weighted by molar-refractivity contribution is -0.135. The van der Waals surface area contributed by atoms with Crippen LogP contribution >= 0.6 is 23.2 Å². The minimum atomic E-state index is -0.732. The fourth-order valence-electron chi connectivity index (χ4n) is 5.08. The summed E-state index contributed by atoms with van der Waals surface area (Å²) >= 11 is 12.5. The van der Waals surface area contributed by atoms with Gasteiger partial charge in [0.05, 0.1) is 23.9 Å². The van der Waals surface area contributed by atoms with E-state index >= 15 is 0 Å². The predicted octanol–water partition coefficient (Wildman–Crippen LogP) is 4.40. The van der Waals surface area contributed by atoms with Gasteiger partial charge in [0.15, 0.2) is 0 Å². The molecule has 0 saturated heterocycles. The number of hydrogen-bond acceptors (Lipinski definition) is 3. The lowest BCUT2D eigenvalue weighted by Crippen LogP contribution is -2.47. The maximum atomic E-state index is 13.7. The molecule has 2 unspecified atom stereocenters. The van der Waals surface area contributed by atoms with Gasteiger partial charge in [0.25, 0.3) is 5.91 Å². The second-order valence-corrected chi connectivity index (χ2v) is 10.0. The van der Waals surface area contributed by atoms with Gasteiger partial charge < -0.3 is 20.5 Å². The number of H-pyrrole nitrogens is 1. The SMILES string of the molecule is CCN1C(=O)NC(c2ccc(Cl)cc2Cl)C2=C1CN(C(C)C(=O)NCCc1c[nH]c3ccccc13)C2=O. The number of urea groups is 1. The Balaban J connectivity index is 1.32. The molecule has 2 atom stereocenters. The fourth-order valence-corrected chi connectivity index (χ4v) is 5.60. The van der Waals surface area contributed by atoms with Crippen molar-refractivity contribution in [3.63, 3.8) is 0 Å². The van der Waals surface area contributed by atoms with Crippen LogP contribution in [0.2, 0.25) is 10.0 Å². The van der Waals surface area contributed by atoms with E-state index in [2.05, 4.69) is 15.6 Å². The summed E-state index contributed by atoms with van der Waals surface area (Å²) in [4.78, 5) is 45.9. The van der Waals surface area contributed by atoms with Crippen molar-refractivity contribution in [3.8, 4) is 0 Å². The molecule has 37 heavy (non-hydrogen) atoms. The molecule has 0 aliphatic carbocycles. The lowest BCUT2D eigenvalue weighted by Gasteiger charge is -2.33. The van der Waals surface area contributed by atoms with Crippen LogP contribution in [-0.2, 0) is 16.0 Å². The minimum absolute atomic E-state index is 0.161. The predicted molar refractivity (Wildman–Crippen MR) is 143 cm³/mol. The summed E-state index contributed by atoms with van der Waals surface area (Å²) in [7, 11) is 0. The van der Waals surface area contributed by atoms with Crippen LogP contribution in [0.5, 0.6) is 0 Å². The van der Waals surface area contributed by atoms with Crippen molar-refractivity contribution in [2.75, 3.05) is 19.6 Å². The molecule has 0 fully saturated rings. The molecule has 8 nitrogen and oxygen atoms in total. The fraction of sp³-hybridized carbons (Fsp3) is 0.296. The van der Waals surface area contributed by atoms with Crippen LogP contribution in [0.15, 0.2) is 59.9 Å². The van der Waals surface area contributed by atoms with Gasteiger partial charge in [-0.15, -0.1) is 0 Å². The van der Waals surface area contributed by atoms with Crippen molar-refractivity contribution in [2.24, 2.45) is 0 Å². The first-order chi connectivity index (χ1) is 17.8. The second kappa shape index (κ2) is 10.1. The minimum Gasteiger partial charge on any atom is -0.361 e. The van der Waals surface area contributed by atoms with Crippen molar-refractivity contribution < 1.29 is 14.4 Å². The zero-order chi connectivity index (χ0) is 26.3. The lowest BCUT2D eigenvalue weighted by atomic mass is 9.95. The molecule has 3 aromatic rings. The Labute approximate surface area is 224 Å². The number of aromatic amines is 1. The average molecular weight is 540 g/mol. The Kier molecular flexibility index (Phi) is 6.88. The monoisotopic (exact) mass is 539 g/mol. The van der Waals surface area contributed by atoms with E-state index in [0.717, 1.165) is 16.5 Å². The molecule has 0 saturated carbocycles. The van der Waals surface area contributed by atoms with E-state index in [9.17, 15) is 14.4 Å². The van der Waals surface area contributed by atoms with Gasteiger partial charge in [-0.25, -0.2) is 4.79 Å². The van der Waals surface area contributed by atoms with Gasteiger partial charge in [0.2, 0.25) is 5.91 Å². The van der Waals surface area contributed by atoms with E-state index in [1.807, 2.05) is 37.4 Å². The summed E-state index contributed by atoms with van der Waals surface area (Å²) in [5.74, 6) is -0.555. The molecule has 10 heteroatoms. The third-order valence-corrected chi connectivity index (χ3v) is 7.62. The zero-order valence-electron chi connectivity index (χ0n) is 20.5. The standard InChI is InChI=1S/C27H27Cl2N5O3/c1-3-33-22-14-34(15(2)25(35)30-11-10-16-13-31-21-7-5-4-6-18(16)21)26(36)23(22)24(32-27(33)37)19-9-8-17(28)12-20(19)29/h4-9,12-13,15,24,31H,3,10-11,14H2,1-2H3,(H,30,35)(H,32,37). The van der Waals surface area contributed by atoms with Crippen LogP contribution in [0.3, 0.4) is 0 Å². The topological polar surface area (TPSA) is 97.5 Å². The Morgan fingerprint density at radius 3 is 2.73 bits per heavy atom. The number of para-hydroxylation sites is 1. The largest absolute Gasteiger partial charge is 0.361 e. The van der Waals surface area contributed by atoms with Gasteiger partial charge in [0, 0.05) is 40.2 Å². The van der Waals surface area contributed by atoms with Crippen LogP contribution in [0.25, 0.3) is 10.9 Å². The Morgan fingerprint density at radius 1 is 1.19 bits per heavy atom. The number of nitrogens with zero attached hydrogens (tertiary/aromatic N) is 2. The van der Waals surface area contributed by atoms with Crippen LogP contribution in [0, 0.1) is 0 Å². The van der Waals surface area contributed by atoms with E-state index in [0.29, 0.717) is 46.4 Å². The van der Waals surface area contributed by atoms with Gasteiger partial charge in [-0.3, -0.25) is 14.5 Å². The number of aromatic nitrogens is 1. The molecular weight excluding hydrogens is 513 g/mol. The highest BCUT2D eigenvalue weighted by atomic mass is 35.5. The van der Waals surface area contributed by atoms with Gasteiger partial charge >= 0.3 is 6.03 Å². The van der Waals surface area contributed by atoms with E-state index in [1.165, 1.54) is 9.80 Å².